The van der Waals surface area contributed by atoms with E-state index in [1.807, 2.05) is 4.90 Å². The van der Waals surface area contributed by atoms with Crippen molar-refractivity contribution in [2.75, 3.05) is 46.4 Å². The van der Waals surface area contributed by atoms with Gasteiger partial charge in [0, 0.05) is 57.6 Å². The molecule has 96 valence electrons. The lowest BCUT2D eigenvalue weighted by Gasteiger charge is -2.60. The number of carbonyl (C=O) groups excluding carboxylic acids is 1. The van der Waals surface area contributed by atoms with Crippen LogP contribution in [0.1, 0.15) is 12.8 Å². The maximum absolute atomic E-state index is 12.2. The van der Waals surface area contributed by atoms with Gasteiger partial charge in [0.2, 0.25) is 0 Å². The van der Waals surface area contributed by atoms with Crippen molar-refractivity contribution in [3.63, 3.8) is 0 Å². The van der Waals surface area contributed by atoms with Crippen LogP contribution in [0.2, 0.25) is 0 Å². The van der Waals surface area contributed by atoms with Crippen LogP contribution in [0.3, 0.4) is 0 Å². The van der Waals surface area contributed by atoms with E-state index in [9.17, 15) is 9.90 Å². The first kappa shape index (κ1) is 11.4. The largest absolute Gasteiger partial charge is 0.381 e. The van der Waals surface area contributed by atoms with Crippen LogP contribution < -0.4 is 0 Å². The Hall–Kier alpha value is -0.650. The van der Waals surface area contributed by atoms with Gasteiger partial charge in [-0.1, -0.05) is 0 Å². The second-order valence-electron chi connectivity index (χ2n) is 5.98. The first-order valence-corrected chi connectivity index (χ1v) is 6.31. The Kier molecular flexibility index (Phi) is 2.47. The third-order valence-corrected chi connectivity index (χ3v) is 4.27. The molecule has 3 rings (SSSR count). The van der Waals surface area contributed by atoms with Crippen LogP contribution in [0.25, 0.3) is 0 Å². The average Bonchev–Trinajstić information content (AvgIpc) is 2.21. The van der Waals surface area contributed by atoms with Gasteiger partial charge in [-0.25, -0.2) is 0 Å². The molecule has 3 fully saturated rings. The van der Waals surface area contributed by atoms with Crippen LogP contribution in [0.4, 0.5) is 0 Å². The summed E-state index contributed by atoms with van der Waals surface area (Å²) < 4.78 is 5.20. The SMILES string of the molecule is CN1CC2(C1)CN(C(=O)C1(O)CCOCC1)C2. The highest BCUT2D eigenvalue weighted by atomic mass is 16.5. The van der Waals surface area contributed by atoms with E-state index in [4.69, 9.17) is 4.74 Å². The molecule has 0 aromatic heterocycles. The fourth-order valence-corrected chi connectivity index (χ4v) is 3.42. The quantitative estimate of drug-likeness (QED) is 0.658. The Morgan fingerprint density at radius 2 is 1.76 bits per heavy atom. The van der Waals surface area contributed by atoms with Gasteiger partial charge in [0.1, 0.15) is 5.60 Å². The molecule has 0 radical (unpaired) electrons. The van der Waals surface area contributed by atoms with Crippen LogP contribution in [-0.2, 0) is 9.53 Å². The van der Waals surface area contributed by atoms with Crippen molar-refractivity contribution in [1.29, 1.82) is 0 Å². The third kappa shape index (κ3) is 1.77. The molecule has 0 aliphatic carbocycles. The highest BCUT2D eigenvalue weighted by molar-refractivity contribution is 5.86. The molecule has 1 N–H and O–H groups in total. The molecule has 5 heteroatoms. The summed E-state index contributed by atoms with van der Waals surface area (Å²) in [5.74, 6) is -0.0824. The number of ether oxygens (including phenoxy) is 1. The first-order valence-electron chi connectivity index (χ1n) is 6.31. The summed E-state index contributed by atoms with van der Waals surface area (Å²) in [6.45, 7) is 4.78. The van der Waals surface area contributed by atoms with Gasteiger partial charge in [0.05, 0.1) is 0 Å². The highest BCUT2D eigenvalue weighted by Gasteiger charge is 2.54. The zero-order chi connectivity index (χ0) is 12.1. The van der Waals surface area contributed by atoms with Gasteiger partial charge in [-0.15, -0.1) is 0 Å². The number of hydrogen-bond acceptors (Lipinski definition) is 4. The fourth-order valence-electron chi connectivity index (χ4n) is 3.42. The maximum atomic E-state index is 12.2. The summed E-state index contributed by atoms with van der Waals surface area (Å²) in [7, 11) is 2.10. The van der Waals surface area contributed by atoms with Crippen LogP contribution in [0, 0.1) is 5.41 Å². The van der Waals surface area contributed by atoms with Crippen LogP contribution in [0.5, 0.6) is 0 Å². The second-order valence-corrected chi connectivity index (χ2v) is 5.98. The molecule has 3 saturated heterocycles. The summed E-state index contributed by atoms with van der Waals surface area (Å²) in [6.07, 6.45) is 0.879. The van der Waals surface area contributed by atoms with Crippen molar-refractivity contribution in [2.45, 2.75) is 18.4 Å². The van der Waals surface area contributed by atoms with E-state index in [1.54, 1.807) is 0 Å². The number of rotatable bonds is 1. The number of hydrogen-bond donors (Lipinski definition) is 1. The molecular formula is C12H20N2O3. The summed E-state index contributed by atoms with van der Waals surface area (Å²) in [6, 6.07) is 0. The van der Waals surface area contributed by atoms with Gasteiger partial charge in [-0.2, -0.15) is 0 Å². The Bertz CT molecular complexity index is 325. The lowest BCUT2D eigenvalue weighted by atomic mass is 9.72. The minimum absolute atomic E-state index is 0.0824. The van der Waals surface area contributed by atoms with E-state index in [0.29, 0.717) is 31.5 Å². The van der Waals surface area contributed by atoms with Gasteiger partial charge in [0.25, 0.3) is 5.91 Å². The molecule has 17 heavy (non-hydrogen) atoms. The number of nitrogens with zero attached hydrogens (tertiary/aromatic N) is 2. The van der Waals surface area contributed by atoms with E-state index < -0.39 is 5.60 Å². The van der Waals surface area contributed by atoms with E-state index in [0.717, 1.165) is 26.2 Å². The molecule has 1 amide bonds. The summed E-state index contributed by atoms with van der Waals surface area (Å²) in [4.78, 5) is 16.3. The van der Waals surface area contributed by atoms with Crippen molar-refractivity contribution in [2.24, 2.45) is 5.41 Å². The van der Waals surface area contributed by atoms with Crippen molar-refractivity contribution in [3.05, 3.63) is 0 Å². The van der Waals surface area contributed by atoms with E-state index in [2.05, 4.69) is 11.9 Å². The summed E-state index contributed by atoms with van der Waals surface area (Å²) >= 11 is 0. The zero-order valence-electron chi connectivity index (χ0n) is 10.3. The average molecular weight is 240 g/mol. The van der Waals surface area contributed by atoms with Crippen LogP contribution in [0.15, 0.2) is 0 Å². The van der Waals surface area contributed by atoms with Crippen molar-refractivity contribution >= 4 is 5.91 Å². The molecule has 0 aromatic rings. The number of carbonyl (C=O) groups is 1. The zero-order valence-corrected chi connectivity index (χ0v) is 10.3. The predicted molar refractivity (Wildman–Crippen MR) is 61.5 cm³/mol. The topological polar surface area (TPSA) is 53.0 Å². The van der Waals surface area contributed by atoms with E-state index in [1.165, 1.54) is 0 Å². The molecule has 0 aromatic carbocycles. The maximum Gasteiger partial charge on any atom is 0.254 e. The molecule has 1 spiro atoms. The normalized spacial score (nSPS) is 30.8. The first-order chi connectivity index (χ1) is 8.03. The number of amides is 1. The summed E-state index contributed by atoms with van der Waals surface area (Å²) in [5.41, 5.74) is -0.818. The van der Waals surface area contributed by atoms with Gasteiger partial charge >= 0.3 is 0 Å². The van der Waals surface area contributed by atoms with Crippen LogP contribution in [-0.4, -0.2) is 72.9 Å². The number of likely N-dealkylation sites (tertiary alicyclic amines) is 2. The monoisotopic (exact) mass is 240 g/mol. The Balaban J connectivity index is 1.57. The van der Waals surface area contributed by atoms with Crippen molar-refractivity contribution in [1.82, 2.24) is 9.80 Å². The molecule has 5 nitrogen and oxygen atoms in total. The smallest absolute Gasteiger partial charge is 0.254 e. The van der Waals surface area contributed by atoms with Crippen molar-refractivity contribution < 1.29 is 14.6 Å². The Morgan fingerprint density at radius 3 is 2.29 bits per heavy atom. The minimum atomic E-state index is -1.16. The van der Waals surface area contributed by atoms with Crippen LogP contribution >= 0.6 is 0 Å². The molecule has 0 saturated carbocycles. The fraction of sp³-hybridized carbons (Fsp3) is 0.917. The van der Waals surface area contributed by atoms with E-state index >= 15 is 0 Å². The highest BCUT2D eigenvalue weighted by Crippen LogP contribution is 2.40. The third-order valence-electron chi connectivity index (χ3n) is 4.27. The molecule has 0 unspecified atom stereocenters. The molecule has 3 aliphatic heterocycles. The lowest BCUT2D eigenvalue weighted by molar-refractivity contribution is -0.182. The second kappa shape index (κ2) is 3.67. The van der Waals surface area contributed by atoms with Gasteiger partial charge in [0.15, 0.2) is 0 Å². The summed E-state index contributed by atoms with van der Waals surface area (Å²) in [5, 5.41) is 10.3. The molecule has 0 atom stereocenters. The van der Waals surface area contributed by atoms with Crippen molar-refractivity contribution in [3.8, 4) is 0 Å². The van der Waals surface area contributed by atoms with Gasteiger partial charge in [-0.05, 0) is 7.05 Å². The van der Waals surface area contributed by atoms with Gasteiger partial charge in [-0.3, -0.25) is 4.79 Å². The lowest BCUT2D eigenvalue weighted by Crippen LogP contribution is -2.74. The molecule has 3 heterocycles. The van der Waals surface area contributed by atoms with Gasteiger partial charge < -0.3 is 19.6 Å². The standard InChI is InChI=1S/C12H20N2O3/c1-13-6-11(7-13)8-14(9-11)10(15)12(16)2-4-17-5-3-12/h16H,2-9H2,1H3. The molecule has 0 bridgehead atoms. The Morgan fingerprint density at radius 1 is 1.18 bits per heavy atom. The van der Waals surface area contributed by atoms with E-state index in [-0.39, 0.29) is 5.91 Å². The Labute approximate surface area is 101 Å². The number of aliphatic hydroxyl groups is 1. The predicted octanol–water partition coefficient (Wildman–Crippen LogP) is -0.698. The minimum Gasteiger partial charge on any atom is -0.381 e. The molecular weight excluding hydrogens is 220 g/mol. The molecule has 3 aliphatic rings.